The van der Waals surface area contributed by atoms with Gasteiger partial charge >= 0.3 is 5.97 Å². The maximum absolute atomic E-state index is 11.0. The Hall–Kier alpha value is -1.38. The van der Waals surface area contributed by atoms with Crippen LogP contribution in [0.2, 0.25) is 0 Å². The van der Waals surface area contributed by atoms with Crippen LogP contribution in [0, 0.1) is 5.92 Å². The molecule has 74 valence electrons. The second-order valence-electron chi connectivity index (χ2n) is 3.77. The summed E-state index contributed by atoms with van der Waals surface area (Å²) in [7, 11) is 0. The molecular weight excluding hydrogens is 178 g/mol. The zero-order valence-electron chi connectivity index (χ0n) is 7.89. The summed E-state index contributed by atoms with van der Waals surface area (Å²) in [5.41, 5.74) is 1.07. The number of carboxylic acid groups (broad SMARTS) is 1. The number of carboxylic acids is 1. The lowest BCUT2D eigenvalue weighted by atomic mass is 9.90. The number of carbonyl (C=O) groups is 1. The first-order chi connectivity index (χ1) is 6.79. The van der Waals surface area contributed by atoms with Crippen LogP contribution in [0.15, 0.2) is 24.5 Å². The van der Waals surface area contributed by atoms with E-state index in [9.17, 15) is 4.79 Å². The lowest BCUT2D eigenvalue weighted by molar-refractivity contribution is -0.142. The van der Waals surface area contributed by atoms with Gasteiger partial charge in [-0.05, 0) is 30.4 Å². The van der Waals surface area contributed by atoms with Gasteiger partial charge in [-0.25, -0.2) is 0 Å². The molecule has 1 N–H and O–H groups in total. The molecule has 1 fully saturated rings. The van der Waals surface area contributed by atoms with Crippen molar-refractivity contribution >= 4 is 5.97 Å². The van der Waals surface area contributed by atoms with Gasteiger partial charge in [-0.15, -0.1) is 0 Å². The highest BCUT2D eigenvalue weighted by molar-refractivity contribution is 5.71. The Balaban J connectivity index is 2.22. The molecule has 0 aliphatic heterocycles. The largest absolute Gasteiger partial charge is 0.481 e. The summed E-state index contributed by atoms with van der Waals surface area (Å²) >= 11 is 0. The van der Waals surface area contributed by atoms with Gasteiger partial charge in [-0.1, -0.05) is 12.5 Å². The lowest BCUT2D eigenvalue weighted by Gasteiger charge is -2.15. The molecule has 2 unspecified atom stereocenters. The molecule has 0 spiro atoms. The summed E-state index contributed by atoms with van der Waals surface area (Å²) in [6, 6.07) is 3.84. The minimum Gasteiger partial charge on any atom is -0.481 e. The van der Waals surface area contributed by atoms with Crippen molar-refractivity contribution in [3.8, 4) is 0 Å². The van der Waals surface area contributed by atoms with Gasteiger partial charge in [0.05, 0.1) is 5.92 Å². The number of pyridine rings is 1. The van der Waals surface area contributed by atoms with E-state index in [1.807, 2.05) is 12.1 Å². The average Bonchev–Trinajstić information content (AvgIpc) is 2.67. The van der Waals surface area contributed by atoms with Crippen molar-refractivity contribution in [3.63, 3.8) is 0 Å². The van der Waals surface area contributed by atoms with Crippen molar-refractivity contribution in [1.82, 2.24) is 4.98 Å². The van der Waals surface area contributed by atoms with E-state index in [2.05, 4.69) is 4.98 Å². The quantitative estimate of drug-likeness (QED) is 0.778. The molecular formula is C11H13NO2. The van der Waals surface area contributed by atoms with Gasteiger partial charge in [0.1, 0.15) is 0 Å². The fourth-order valence-corrected chi connectivity index (χ4v) is 2.25. The molecule has 2 atom stereocenters. The number of hydrogen-bond acceptors (Lipinski definition) is 2. The van der Waals surface area contributed by atoms with Crippen LogP contribution in [-0.2, 0) is 4.79 Å². The van der Waals surface area contributed by atoms with Crippen LogP contribution in [0.3, 0.4) is 0 Å². The number of rotatable bonds is 2. The van der Waals surface area contributed by atoms with E-state index in [4.69, 9.17) is 5.11 Å². The Morgan fingerprint density at radius 1 is 1.50 bits per heavy atom. The first-order valence-corrected chi connectivity index (χ1v) is 4.92. The summed E-state index contributed by atoms with van der Waals surface area (Å²) in [6.07, 6.45) is 6.29. The summed E-state index contributed by atoms with van der Waals surface area (Å²) in [6.45, 7) is 0. The summed E-state index contributed by atoms with van der Waals surface area (Å²) in [4.78, 5) is 15.0. The van der Waals surface area contributed by atoms with Gasteiger partial charge in [0, 0.05) is 12.4 Å². The van der Waals surface area contributed by atoms with Gasteiger partial charge < -0.3 is 5.11 Å². The monoisotopic (exact) mass is 191 g/mol. The molecule has 14 heavy (non-hydrogen) atoms. The minimum atomic E-state index is -0.670. The first kappa shape index (κ1) is 9.19. The van der Waals surface area contributed by atoms with Crippen molar-refractivity contribution in [2.45, 2.75) is 25.2 Å². The van der Waals surface area contributed by atoms with E-state index in [-0.39, 0.29) is 11.8 Å². The molecule has 3 nitrogen and oxygen atoms in total. The fourth-order valence-electron chi connectivity index (χ4n) is 2.25. The van der Waals surface area contributed by atoms with Crippen LogP contribution in [-0.4, -0.2) is 16.1 Å². The molecule has 1 saturated carbocycles. The van der Waals surface area contributed by atoms with Crippen LogP contribution >= 0.6 is 0 Å². The third-order valence-electron chi connectivity index (χ3n) is 2.95. The maximum atomic E-state index is 11.0. The van der Waals surface area contributed by atoms with Crippen LogP contribution in [0.5, 0.6) is 0 Å². The Bertz CT molecular complexity index is 323. The third-order valence-corrected chi connectivity index (χ3v) is 2.95. The number of nitrogens with zero attached hydrogens (tertiary/aromatic N) is 1. The molecule has 1 aromatic heterocycles. The molecule has 0 amide bonds. The normalized spacial score (nSPS) is 26.3. The molecule has 0 aromatic carbocycles. The van der Waals surface area contributed by atoms with E-state index in [0.29, 0.717) is 0 Å². The van der Waals surface area contributed by atoms with E-state index in [1.165, 1.54) is 0 Å². The molecule has 0 radical (unpaired) electrons. The van der Waals surface area contributed by atoms with E-state index >= 15 is 0 Å². The summed E-state index contributed by atoms with van der Waals surface area (Å²) in [5, 5.41) is 9.02. The summed E-state index contributed by atoms with van der Waals surface area (Å²) < 4.78 is 0. The number of hydrogen-bond donors (Lipinski definition) is 1. The number of aliphatic carboxylic acids is 1. The highest BCUT2D eigenvalue weighted by Gasteiger charge is 2.33. The smallest absolute Gasteiger partial charge is 0.307 e. The molecule has 1 aliphatic rings. The molecule has 1 aliphatic carbocycles. The Morgan fingerprint density at radius 2 is 2.36 bits per heavy atom. The molecule has 3 heteroatoms. The standard InChI is InChI=1S/C11H13NO2/c13-11(14)10-5-1-4-9(10)8-3-2-6-12-7-8/h2-3,6-7,9-10H,1,4-5H2,(H,13,14). The van der Waals surface area contributed by atoms with Gasteiger partial charge in [0.2, 0.25) is 0 Å². The van der Waals surface area contributed by atoms with Crippen LogP contribution in [0.4, 0.5) is 0 Å². The average molecular weight is 191 g/mol. The Kier molecular flexibility index (Phi) is 2.48. The molecule has 0 bridgehead atoms. The van der Waals surface area contributed by atoms with Crippen molar-refractivity contribution in [1.29, 1.82) is 0 Å². The second-order valence-corrected chi connectivity index (χ2v) is 3.77. The zero-order chi connectivity index (χ0) is 9.97. The zero-order valence-corrected chi connectivity index (χ0v) is 7.89. The minimum absolute atomic E-state index is 0.168. The Morgan fingerprint density at radius 3 is 3.00 bits per heavy atom. The van der Waals surface area contributed by atoms with Crippen molar-refractivity contribution in [2.75, 3.05) is 0 Å². The molecule has 1 heterocycles. The van der Waals surface area contributed by atoms with Crippen LogP contribution < -0.4 is 0 Å². The highest BCUT2D eigenvalue weighted by atomic mass is 16.4. The highest BCUT2D eigenvalue weighted by Crippen LogP contribution is 2.39. The van der Waals surface area contributed by atoms with Crippen molar-refractivity contribution in [3.05, 3.63) is 30.1 Å². The maximum Gasteiger partial charge on any atom is 0.307 e. The lowest BCUT2D eigenvalue weighted by Crippen LogP contribution is -2.16. The topological polar surface area (TPSA) is 50.2 Å². The second kappa shape index (κ2) is 3.78. The van der Waals surface area contributed by atoms with E-state index < -0.39 is 5.97 Å². The van der Waals surface area contributed by atoms with Crippen LogP contribution in [0.25, 0.3) is 0 Å². The van der Waals surface area contributed by atoms with Crippen LogP contribution in [0.1, 0.15) is 30.7 Å². The Labute approximate surface area is 82.8 Å². The third kappa shape index (κ3) is 1.62. The van der Waals surface area contributed by atoms with Crippen molar-refractivity contribution in [2.24, 2.45) is 5.92 Å². The number of aromatic nitrogens is 1. The predicted molar refractivity (Wildman–Crippen MR) is 52.0 cm³/mol. The van der Waals surface area contributed by atoms with E-state index in [1.54, 1.807) is 12.4 Å². The summed E-state index contributed by atoms with van der Waals surface area (Å²) in [5.74, 6) is -0.711. The molecule has 1 aromatic rings. The first-order valence-electron chi connectivity index (χ1n) is 4.92. The fraction of sp³-hybridized carbons (Fsp3) is 0.455. The van der Waals surface area contributed by atoms with Gasteiger partial charge in [-0.3, -0.25) is 9.78 Å². The molecule has 0 saturated heterocycles. The van der Waals surface area contributed by atoms with E-state index in [0.717, 1.165) is 24.8 Å². The molecule has 2 rings (SSSR count). The SMILES string of the molecule is O=C(O)C1CCCC1c1cccnc1. The van der Waals surface area contributed by atoms with Crippen molar-refractivity contribution < 1.29 is 9.90 Å². The predicted octanol–water partition coefficient (Wildman–Crippen LogP) is 2.05. The van der Waals surface area contributed by atoms with Gasteiger partial charge in [0.25, 0.3) is 0 Å². The van der Waals surface area contributed by atoms with Gasteiger partial charge in [-0.2, -0.15) is 0 Å². The van der Waals surface area contributed by atoms with Gasteiger partial charge in [0.15, 0.2) is 0 Å².